The van der Waals surface area contributed by atoms with E-state index >= 15 is 0 Å². The Labute approximate surface area is 195 Å². The number of rotatable bonds is 7. The Morgan fingerprint density at radius 2 is 1.67 bits per heavy atom. The number of nitrogens with one attached hydrogen (secondary N) is 1. The van der Waals surface area contributed by atoms with Gasteiger partial charge in [0.2, 0.25) is 0 Å². The topological polar surface area (TPSA) is 60.7 Å². The van der Waals surface area contributed by atoms with E-state index in [1.54, 1.807) is 14.2 Å². The standard InChI is InChI=1S/C27H32N4O2/c1-18-25(20-10-8-7-9-11-20)26-29-23(27(2,3)4)17-24(31(26)30-18)28-15-14-19-12-13-21(32-5)22(16-19)33-6/h7-13,16-17,28H,14-15H2,1-6H3. The van der Waals surface area contributed by atoms with Crippen molar-refractivity contribution in [1.29, 1.82) is 0 Å². The van der Waals surface area contributed by atoms with Crippen molar-refractivity contribution < 1.29 is 9.47 Å². The molecule has 0 unspecified atom stereocenters. The molecule has 2 heterocycles. The summed E-state index contributed by atoms with van der Waals surface area (Å²) in [6.45, 7) is 9.35. The second kappa shape index (κ2) is 9.14. The van der Waals surface area contributed by atoms with Crippen LogP contribution in [0.3, 0.4) is 0 Å². The molecule has 0 aliphatic rings. The van der Waals surface area contributed by atoms with Crippen LogP contribution in [-0.2, 0) is 11.8 Å². The van der Waals surface area contributed by atoms with Crippen LogP contribution in [0, 0.1) is 6.92 Å². The Bertz CT molecular complexity index is 1260. The van der Waals surface area contributed by atoms with E-state index in [2.05, 4.69) is 50.4 Å². The summed E-state index contributed by atoms with van der Waals surface area (Å²) in [5.41, 5.74) is 6.14. The molecule has 172 valence electrons. The Morgan fingerprint density at radius 1 is 0.939 bits per heavy atom. The Morgan fingerprint density at radius 3 is 2.33 bits per heavy atom. The minimum Gasteiger partial charge on any atom is -0.493 e. The van der Waals surface area contributed by atoms with Gasteiger partial charge in [-0.15, -0.1) is 0 Å². The minimum atomic E-state index is -0.0896. The van der Waals surface area contributed by atoms with Gasteiger partial charge in [-0.25, -0.2) is 4.98 Å². The monoisotopic (exact) mass is 444 g/mol. The van der Waals surface area contributed by atoms with Crippen molar-refractivity contribution >= 4 is 11.5 Å². The van der Waals surface area contributed by atoms with Crippen LogP contribution in [-0.4, -0.2) is 35.4 Å². The number of aromatic nitrogens is 3. The van der Waals surface area contributed by atoms with E-state index in [4.69, 9.17) is 19.6 Å². The fourth-order valence-electron chi connectivity index (χ4n) is 3.95. The predicted molar refractivity (Wildman–Crippen MR) is 134 cm³/mol. The average Bonchev–Trinajstić information content (AvgIpc) is 3.14. The number of hydrogen-bond acceptors (Lipinski definition) is 5. The van der Waals surface area contributed by atoms with Crippen molar-refractivity contribution in [2.45, 2.75) is 39.5 Å². The van der Waals surface area contributed by atoms with E-state index in [1.165, 1.54) is 5.56 Å². The van der Waals surface area contributed by atoms with Crippen LogP contribution in [0.4, 0.5) is 5.82 Å². The predicted octanol–water partition coefficient (Wildman–Crippen LogP) is 5.67. The second-order valence-electron chi connectivity index (χ2n) is 9.20. The molecular formula is C27H32N4O2. The van der Waals surface area contributed by atoms with Gasteiger partial charge in [0, 0.05) is 23.6 Å². The molecule has 2 aromatic heterocycles. The van der Waals surface area contributed by atoms with Crippen LogP contribution in [0.15, 0.2) is 54.6 Å². The molecule has 0 radical (unpaired) electrons. The van der Waals surface area contributed by atoms with Gasteiger partial charge in [0.05, 0.1) is 25.6 Å². The molecule has 33 heavy (non-hydrogen) atoms. The maximum atomic E-state index is 5.44. The summed E-state index contributed by atoms with van der Waals surface area (Å²) in [5.74, 6) is 2.42. The van der Waals surface area contributed by atoms with Gasteiger partial charge in [0.25, 0.3) is 0 Å². The van der Waals surface area contributed by atoms with Gasteiger partial charge in [0.15, 0.2) is 17.1 Å². The quantitative estimate of drug-likeness (QED) is 0.398. The van der Waals surface area contributed by atoms with Crippen LogP contribution < -0.4 is 14.8 Å². The summed E-state index contributed by atoms with van der Waals surface area (Å²) in [5, 5.41) is 8.44. The van der Waals surface area contributed by atoms with Crippen LogP contribution in [0.5, 0.6) is 11.5 Å². The molecule has 0 aliphatic heterocycles. The molecule has 1 N–H and O–H groups in total. The van der Waals surface area contributed by atoms with Crippen molar-refractivity contribution in [2.75, 3.05) is 26.1 Å². The number of hydrogen-bond donors (Lipinski definition) is 1. The summed E-state index contributed by atoms with van der Waals surface area (Å²) in [7, 11) is 3.31. The van der Waals surface area contributed by atoms with Crippen molar-refractivity contribution in [2.24, 2.45) is 0 Å². The third kappa shape index (κ3) is 4.65. The highest BCUT2D eigenvalue weighted by Gasteiger charge is 2.22. The maximum Gasteiger partial charge on any atom is 0.165 e. The van der Waals surface area contributed by atoms with E-state index in [9.17, 15) is 0 Å². The fraction of sp³-hybridized carbons (Fsp3) is 0.333. The van der Waals surface area contributed by atoms with Crippen LogP contribution in [0.1, 0.15) is 37.7 Å². The molecule has 2 aromatic carbocycles. The van der Waals surface area contributed by atoms with Gasteiger partial charge in [-0.3, -0.25) is 0 Å². The van der Waals surface area contributed by atoms with Gasteiger partial charge in [-0.1, -0.05) is 57.2 Å². The van der Waals surface area contributed by atoms with E-state index in [-0.39, 0.29) is 5.41 Å². The van der Waals surface area contributed by atoms with Crippen LogP contribution in [0.2, 0.25) is 0 Å². The summed E-state index contributed by atoms with van der Waals surface area (Å²) >= 11 is 0. The zero-order valence-corrected chi connectivity index (χ0v) is 20.3. The third-order valence-electron chi connectivity index (χ3n) is 5.76. The fourth-order valence-corrected chi connectivity index (χ4v) is 3.95. The lowest BCUT2D eigenvalue weighted by Crippen LogP contribution is -2.17. The number of fused-ring (bicyclic) bond motifs is 1. The molecule has 0 saturated heterocycles. The Hall–Kier alpha value is -3.54. The highest BCUT2D eigenvalue weighted by Crippen LogP contribution is 2.32. The highest BCUT2D eigenvalue weighted by molar-refractivity contribution is 5.81. The number of ether oxygens (including phenoxy) is 2. The summed E-state index contributed by atoms with van der Waals surface area (Å²) in [6.07, 6.45) is 0.834. The molecule has 0 bridgehead atoms. The maximum absolute atomic E-state index is 5.44. The van der Waals surface area contributed by atoms with Crippen LogP contribution >= 0.6 is 0 Å². The number of anilines is 1. The molecule has 0 atom stereocenters. The van der Waals surface area contributed by atoms with Crippen molar-refractivity contribution in [1.82, 2.24) is 14.6 Å². The van der Waals surface area contributed by atoms with Crippen molar-refractivity contribution in [3.63, 3.8) is 0 Å². The molecule has 4 aromatic rings. The normalized spacial score (nSPS) is 11.6. The SMILES string of the molecule is COc1ccc(CCNc2cc(C(C)(C)C)nc3c(-c4ccccc4)c(C)nn23)cc1OC. The zero-order chi connectivity index (χ0) is 23.6. The summed E-state index contributed by atoms with van der Waals surface area (Å²) in [6, 6.07) is 18.5. The van der Waals surface area contributed by atoms with E-state index in [0.29, 0.717) is 0 Å². The highest BCUT2D eigenvalue weighted by atomic mass is 16.5. The first kappa shape index (κ1) is 22.6. The van der Waals surface area contributed by atoms with E-state index < -0.39 is 0 Å². The first-order valence-corrected chi connectivity index (χ1v) is 11.2. The number of methoxy groups -OCH3 is 2. The molecule has 6 nitrogen and oxygen atoms in total. The number of benzene rings is 2. The van der Waals surface area contributed by atoms with E-state index in [0.717, 1.165) is 58.4 Å². The first-order chi connectivity index (χ1) is 15.8. The zero-order valence-electron chi connectivity index (χ0n) is 20.3. The largest absolute Gasteiger partial charge is 0.493 e. The first-order valence-electron chi connectivity index (χ1n) is 11.2. The van der Waals surface area contributed by atoms with Crippen LogP contribution in [0.25, 0.3) is 16.8 Å². The van der Waals surface area contributed by atoms with Crippen molar-refractivity contribution in [3.8, 4) is 22.6 Å². The molecule has 0 saturated carbocycles. The number of aryl methyl sites for hydroxylation is 1. The van der Waals surface area contributed by atoms with Gasteiger partial charge in [0.1, 0.15) is 5.82 Å². The van der Waals surface area contributed by atoms with Gasteiger partial charge < -0.3 is 14.8 Å². The molecule has 0 spiro atoms. The van der Waals surface area contributed by atoms with Gasteiger partial charge >= 0.3 is 0 Å². The molecular weight excluding hydrogens is 412 g/mol. The molecule has 0 aliphatic carbocycles. The average molecular weight is 445 g/mol. The van der Waals surface area contributed by atoms with Gasteiger partial charge in [-0.2, -0.15) is 9.61 Å². The summed E-state index contributed by atoms with van der Waals surface area (Å²) in [4.78, 5) is 5.04. The second-order valence-corrected chi connectivity index (χ2v) is 9.20. The molecule has 0 amide bonds. The molecule has 0 fully saturated rings. The Kier molecular flexibility index (Phi) is 6.27. The summed E-state index contributed by atoms with van der Waals surface area (Å²) < 4.78 is 12.7. The lowest BCUT2D eigenvalue weighted by Gasteiger charge is -2.20. The lowest BCUT2D eigenvalue weighted by atomic mass is 9.92. The molecule has 4 rings (SSSR count). The smallest absolute Gasteiger partial charge is 0.165 e. The minimum absolute atomic E-state index is 0.0896. The van der Waals surface area contributed by atoms with Crippen molar-refractivity contribution in [3.05, 3.63) is 71.5 Å². The van der Waals surface area contributed by atoms with Gasteiger partial charge in [-0.05, 0) is 36.6 Å². The lowest BCUT2D eigenvalue weighted by molar-refractivity contribution is 0.354. The number of nitrogens with zero attached hydrogens (tertiary/aromatic N) is 3. The molecule has 6 heteroatoms. The third-order valence-corrected chi connectivity index (χ3v) is 5.76. The Balaban J connectivity index is 1.68. The van der Waals surface area contributed by atoms with E-state index in [1.807, 2.05) is 41.8 Å².